The highest BCUT2D eigenvalue weighted by Gasteiger charge is 2.31. The van der Waals surface area contributed by atoms with E-state index in [0.717, 1.165) is 5.57 Å². The van der Waals surface area contributed by atoms with E-state index in [1.54, 1.807) is 12.2 Å². The highest BCUT2D eigenvalue weighted by Crippen LogP contribution is 2.39. The summed E-state index contributed by atoms with van der Waals surface area (Å²) in [4.78, 5) is 15.0. The van der Waals surface area contributed by atoms with Gasteiger partial charge >= 0.3 is 0 Å². The molecule has 0 aromatic carbocycles. The summed E-state index contributed by atoms with van der Waals surface area (Å²) in [7, 11) is 0. The average Bonchev–Trinajstić information content (AvgIpc) is 2.69. The maximum absolute atomic E-state index is 10.2. The number of carbonyl (C=O) groups excluding carboxylic acids is 1. The lowest BCUT2D eigenvalue weighted by molar-refractivity contribution is 0.187. The van der Waals surface area contributed by atoms with Crippen molar-refractivity contribution in [3.8, 4) is 0 Å². The molecule has 0 saturated heterocycles. The predicted octanol–water partition coefficient (Wildman–Crippen LogP) is 0.531. The molecule has 0 radical (unpaired) electrons. The Balaban J connectivity index is 2.25. The number of hydroxylamine groups is 1. The Morgan fingerprint density at radius 3 is 3.10 bits per heavy atom. The zero-order valence-electron chi connectivity index (χ0n) is 5.39. The summed E-state index contributed by atoms with van der Waals surface area (Å²) < 4.78 is 0. The SMILES string of the molecule is O=C=C1NOC=C1C1CC1. The van der Waals surface area contributed by atoms with Crippen LogP contribution in [0.2, 0.25) is 0 Å². The van der Waals surface area contributed by atoms with Gasteiger partial charge in [-0.15, -0.1) is 0 Å². The third kappa shape index (κ3) is 0.719. The quantitative estimate of drug-likeness (QED) is 0.536. The van der Waals surface area contributed by atoms with Crippen molar-refractivity contribution in [2.45, 2.75) is 12.8 Å². The monoisotopic (exact) mass is 137 g/mol. The largest absolute Gasteiger partial charge is 0.389 e. The second-order valence-electron chi connectivity index (χ2n) is 2.54. The molecule has 0 aromatic rings. The van der Waals surface area contributed by atoms with Gasteiger partial charge in [0.25, 0.3) is 0 Å². The molecule has 1 aliphatic carbocycles. The van der Waals surface area contributed by atoms with E-state index in [-0.39, 0.29) is 0 Å². The highest BCUT2D eigenvalue weighted by molar-refractivity contribution is 5.61. The first-order valence-corrected chi connectivity index (χ1v) is 3.29. The molecule has 0 aromatic heterocycles. The molecule has 2 aliphatic rings. The molecule has 0 unspecified atom stereocenters. The summed E-state index contributed by atoms with van der Waals surface area (Å²) in [6.45, 7) is 0. The van der Waals surface area contributed by atoms with E-state index in [1.165, 1.54) is 12.8 Å². The zero-order valence-corrected chi connectivity index (χ0v) is 5.39. The summed E-state index contributed by atoms with van der Waals surface area (Å²) in [6, 6.07) is 0. The molecule has 1 saturated carbocycles. The lowest BCUT2D eigenvalue weighted by atomic mass is 10.1. The molecule has 52 valence electrons. The minimum atomic E-state index is 0.475. The van der Waals surface area contributed by atoms with E-state index < -0.39 is 0 Å². The van der Waals surface area contributed by atoms with Crippen LogP contribution in [0.3, 0.4) is 0 Å². The molecular formula is C7H7NO2. The summed E-state index contributed by atoms with van der Waals surface area (Å²) in [5.41, 5.74) is 3.93. The van der Waals surface area contributed by atoms with E-state index in [4.69, 9.17) is 4.84 Å². The molecule has 2 rings (SSSR count). The van der Waals surface area contributed by atoms with Crippen molar-refractivity contribution in [3.63, 3.8) is 0 Å². The Hall–Kier alpha value is -1.21. The van der Waals surface area contributed by atoms with Gasteiger partial charge in [0, 0.05) is 5.57 Å². The van der Waals surface area contributed by atoms with Gasteiger partial charge in [-0.2, -0.15) is 0 Å². The van der Waals surface area contributed by atoms with Crippen molar-refractivity contribution in [2.75, 3.05) is 0 Å². The van der Waals surface area contributed by atoms with Gasteiger partial charge in [-0.1, -0.05) is 0 Å². The van der Waals surface area contributed by atoms with Crippen molar-refractivity contribution in [1.82, 2.24) is 5.48 Å². The molecule has 0 spiro atoms. The molecule has 1 aliphatic heterocycles. The van der Waals surface area contributed by atoms with E-state index in [2.05, 4.69) is 5.48 Å². The Kier molecular flexibility index (Phi) is 1.05. The minimum Gasteiger partial charge on any atom is -0.389 e. The maximum atomic E-state index is 10.2. The van der Waals surface area contributed by atoms with Gasteiger partial charge in [-0.3, -0.25) is 0 Å². The van der Waals surface area contributed by atoms with Crippen LogP contribution < -0.4 is 5.48 Å². The van der Waals surface area contributed by atoms with Gasteiger partial charge in [0.2, 0.25) is 0 Å². The molecular weight excluding hydrogens is 130 g/mol. The van der Waals surface area contributed by atoms with Crippen LogP contribution in [0.1, 0.15) is 12.8 Å². The summed E-state index contributed by atoms with van der Waals surface area (Å²) in [5, 5.41) is 0. The number of hydrogen-bond donors (Lipinski definition) is 1. The smallest absolute Gasteiger partial charge is 0.162 e. The first-order valence-electron chi connectivity index (χ1n) is 3.29. The molecule has 3 heteroatoms. The standard InChI is InChI=1S/C7H7NO2/c9-3-7-6(4-10-8-7)5-1-2-5/h4-5,8H,1-2H2. The summed E-state index contributed by atoms with van der Waals surface area (Å²) in [6.07, 6.45) is 3.93. The fourth-order valence-corrected chi connectivity index (χ4v) is 1.04. The lowest BCUT2D eigenvalue weighted by Crippen LogP contribution is -2.05. The molecule has 3 nitrogen and oxygen atoms in total. The molecule has 0 amide bonds. The fourth-order valence-electron chi connectivity index (χ4n) is 1.04. The van der Waals surface area contributed by atoms with Crippen molar-refractivity contribution >= 4 is 5.94 Å². The van der Waals surface area contributed by atoms with Gasteiger partial charge in [-0.25, -0.2) is 10.3 Å². The van der Waals surface area contributed by atoms with Crippen molar-refractivity contribution in [2.24, 2.45) is 5.92 Å². The van der Waals surface area contributed by atoms with Crippen LogP contribution in [0.5, 0.6) is 0 Å². The van der Waals surface area contributed by atoms with Crippen molar-refractivity contribution in [1.29, 1.82) is 0 Å². The van der Waals surface area contributed by atoms with Gasteiger partial charge < -0.3 is 4.84 Å². The first kappa shape index (κ1) is 5.57. The van der Waals surface area contributed by atoms with Crippen LogP contribution >= 0.6 is 0 Å². The van der Waals surface area contributed by atoms with Crippen LogP contribution in [-0.2, 0) is 9.63 Å². The van der Waals surface area contributed by atoms with E-state index in [9.17, 15) is 4.79 Å². The van der Waals surface area contributed by atoms with Crippen molar-refractivity contribution < 1.29 is 9.63 Å². The summed E-state index contributed by atoms with van der Waals surface area (Å²) in [5.74, 6) is 2.35. The first-order chi connectivity index (χ1) is 4.92. The normalized spacial score (nSPS) is 22.8. The van der Waals surface area contributed by atoms with Gasteiger partial charge in [-0.05, 0) is 18.8 Å². The van der Waals surface area contributed by atoms with Crippen LogP contribution in [0.15, 0.2) is 17.5 Å². The third-order valence-corrected chi connectivity index (χ3v) is 1.75. The number of hydrogen-bond acceptors (Lipinski definition) is 3. The molecule has 1 N–H and O–H groups in total. The van der Waals surface area contributed by atoms with Gasteiger partial charge in [0.15, 0.2) is 11.6 Å². The average molecular weight is 137 g/mol. The van der Waals surface area contributed by atoms with Gasteiger partial charge in [0.05, 0.1) is 0 Å². The second-order valence-corrected chi connectivity index (χ2v) is 2.54. The number of allylic oxidation sites excluding steroid dienone is 1. The van der Waals surface area contributed by atoms with E-state index in [1.807, 2.05) is 0 Å². The van der Waals surface area contributed by atoms with E-state index in [0.29, 0.717) is 11.6 Å². The van der Waals surface area contributed by atoms with Crippen LogP contribution in [0.4, 0.5) is 0 Å². The Labute approximate surface area is 58.3 Å². The molecule has 0 bridgehead atoms. The molecule has 0 atom stereocenters. The van der Waals surface area contributed by atoms with Crippen molar-refractivity contribution in [3.05, 3.63) is 17.5 Å². The fraction of sp³-hybridized carbons (Fsp3) is 0.429. The molecule has 1 fully saturated rings. The third-order valence-electron chi connectivity index (χ3n) is 1.75. The number of nitrogens with one attached hydrogen (secondary N) is 1. The Bertz CT molecular complexity index is 234. The maximum Gasteiger partial charge on any atom is 0.162 e. The Morgan fingerprint density at radius 2 is 2.50 bits per heavy atom. The van der Waals surface area contributed by atoms with Gasteiger partial charge in [0.1, 0.15) is 6.26 Å². The number of rotatable bonds is 1. The van der Waals surface area contributed by atoms with E-state index >= 15 is 0 Å². The predicted molar refractivity (Wildman–Crippen MR) is 34.2 cm³/mol. The molecule has 10 heavy (non-hydrogen) atoms. The highest BCUT2D eigenvalue weighted by atomic mass is 16.6. The van der Waals surface area contributed by atoms with Crippen LogP contribution in [0.25, 0.3) is 0 Å². The summed E-state index contributed by atoms with van der Waals surface area (Å²) >= 11 is 0. The second kappa shape index (κ2) is 1.89. The van der Waals surface area contributed by atoms with Crippen LogP contribution in [-0.4, -0.2) is 5.94 Å². The minimum absolute atomic E-state index is 0.475. The zero-order chi connectivity index (χ0) is 6.97. The molecule has 1 heterocycles. The topological polar surface area (TPSA) is 38.3 Å². The van der Waals surface area contributed by atoms with Crippen LogP contribution in [0, 0.1) is 5.92 Å². The Morgan fingerprint density at radius 1 is 1.70 bits per heavy atom. The lowest BCUT2D eigenvalue weighted by Gasteiger charge is -1.93.